The number of aryl methyl sites for hydroxylation is 1. The van der Waals surface area contributed by atoms with Crippen LogP contribution in [0.15, 0.2) is 12.4 Å². The molecule has 1 aromatic rings. The smallest absolute Gasteiger partial charge is 0.185 e. The van der Waals surface area contributed by atoms with Gasteiger partial charge in [0.05, 0.1) is 6.61 Å². The predicted molar refractivity (Wildman–Crippen MR) is 35.7 cm³/mol. The third-order valence-corrected chi connectivity index (χ3v) is 1.61. The number of aromatic amines is 1. The maximum absolute atomic E-state index is 4.96. The van der Waals surface area contributed by atoms with E-state index in [-0.39, 0.29) is 0 Å². The van der Waals surface area contributed by atoms with E-state index in [0.717, 1.165) is 18.6 Å². The van der Waals surface area contributed by atoms with E-state index >= 15 is 0 Å². The number of H-pyrrole nitrogens is 1. The van der Waals surface area contributed by atoms with Gasteiger partial charge in [0, 0.05) is 18.0 Å². The maximum atomic E-state index is 4.96. The van der Waals surface area contributed by atoms with Gasteiger partial charge in [0.25, 0.3) is 0 Å². The zero-order valence-electron chi connectivity index (χ0n) is 5.59. The van der Waals surface area contributed by atoms with Crippen molar-refractivity contribution in [1.82, 2.24) is 4.98 Å². The second-order valence-electron chi connectivity index (χ2n) is 2.35. The van der Waals surface area contributed by atoms with Crippen molar-refractivity contribution in [3.63, 3.8) is 0 Å². The van der Waals surface area contributed by atoms with Gasteiger partial charge in [0.2, 0.25) is 0 Å². The normalized spacial score (nSPS) is 17.2. The first-order chi connectivity index (χ1) is 4.97. The van der Waals surface area contributed by atoms with Crippen LogP contribution < -0.4 is 4.89 Å². The van der Waals surface area contributed by atoms with Crippen LogP contribution in [0.5, 0.6) is 5.75 Å². The quantitative estimate of drug-likeness (QED) is 0.549. The van der Waals surface area contributed by atoms with Crippen LogP contribution in [-0.4, -0.2) is 11.6 Å². The summed E-state index contributed by atoms with van der Waals surface area (Å²) in [6.45, 7) is 0.689. The Balaban J connectivity index is 2.28. The molecule has 0 bridgehead atoms. The number of hydrogen-bond donors (Lipinski definition) is 1. The summed E-state index contributed by atoms with van der Waals surface area (Å²) in [7, 11) is 0. The molecule has 1 N–H and O–H groups in total. The molecule has 0 saturated carbocycles. The van der Waals surface area contributed by atoms with E-state index in [0.29, 0.717) is 6.61 Å². The van der Waals surface area contributed by atoms with Crippen molar-refractivity contribution in [3.8, 4) is 5.75 Å². The Morgan fingerprint density at radius 1 is 1.40 bits per heavy atom. The Kier molecular flexibility index (Phi) is 1.36. The van der Waals surface area contributed by atoms with E-state index < -0.39 is 0 Å². The molecule has 1 aromatic heterocycles. The van der Waals surface area contributed by atoms with Gasteiger partial charge < -0.3 is 9.87 Å². The predicted octanol–water partition coefficient (Wildman–Crippen LogP) is 1.27. The molecule has 0 aliphatic carbocycles. The monoisotopic (exact) mass is 139 g/mol. The number of nitrogens with one attached hydrogen (secondary N) is 1. The van der Waals surface area contributed by atoms with Gasteiger partial charge in [0.1, 0.15) is 0 Å². The summed E-state index contributed by atoms with van der Waals surface area (Å²) in [6.07, 6.45) is 5.83. The standard InChI is InChI=1S/C7H9NO2/c1-2-6-4-8-5-7(6)10-9-3-1/h4-5,8H,1-3H2. The first kappa shape index (κ1) is 5.80. The van der Waals surface area contributed by atoms with Gasteiger partial charge in [-0.25, -0.2) is 0 Å². The van der Waals surface area contributed by atoms with E-state index in [1.54, 1.807) is 6.20 Å². The molecule has 3 nitrogen and oxygen atoms in total. The van der Waals surface area contributed by atoms with Crippen LogP contribution >= 0.6 is 0 Å². The molecule has 3 heteroatoms. The van der Waals surface area contributed by atoms with Crippen molar-refractivity contribution in [2.24, 2.45) is 0 Å². The molecule has 0 amide bonds. The summed E-state index contributed by atoms with van der Waals surface area (Å²) in [5, 5.41) is 0. The highest BCUT2D eigenvalue weighted by molar-refractivity contribution is 5.29. The highest BCUT2D eigenvalue weighted by atomic mass is 17.2. The molecule has 10 heavy (non-hydrogen) atoms. The molecular formula is C7H9NO2. The van der Waals surface area contributed by atoms with Crippen LogP contribution in [0.2, 0.25) is 0 Å². The Morgan fingerprint density at radius 2 is 2.40 bits per heavy atom. The zero-order valence-corrected chi connectivity index (χ0v) is 5.59. The van der Waals surface area contributed by atoms with Crippen LogP contribution in [0, 0.1) is 0 Å². The molecule has 2 rings (SSSR count). The minimum absolute atomic E-state index is 0.689. The zero-order chi connectivity index (χ0) is 6.81. The second-order valence-corrected chi connectivity index (χ2v) is 2.35. The molecule has 1 aliphatic rings. The summed E-state index contributed by atoms with van der Waals surface area (Å²) < 4.78 is 0. The lowest BCUT2D eigenvalue weighted by Crippen LogP contribution is -1.94. The van der Waals surface area contributed by atoms with Gasteiger partial charge in [-0.15, -0.1) is 0 Å². The van der Waals surface area contributed by atoms with Crippen molar-refractivity contribution in [2.75, 3.05) is 6.61 Å². The average Bonchev–Trinajstić information content (AvgIpc) is 2.28. The Bertz CT molecular complexity index is 199. The van der Waals surface area contributed by atoms with Gasteiger partial charge in [-0.1, -0.05) is 0 Å². The molecule has 0 saturated heterocycles. The van der Waals surface area contributed by atoms with Crippen molar-refractivity contribution >= 4 is 0 Å². The highest BCUT2D eigenvalue weighted by Crippen LogP contribution is 2.21. The third-order valence-electron chi connectivity index (χ3n) is 1.61. The number of fused-ring (bicyclic) bond motifs is 1. The summed E-state index contributed by atoms with van der Waals surface area (Å²) in [6, 6.07) is 0. The van der Waals surface area contributed by atoms with Crippen LogP contribution in [0.25, 0.3) is 0 Å². The third kappa shape index (κ3) is 0.885. The summed E-state index contributed by atoms with van der Waals surface area (Å²) in [5.41, 5.74) is 1.21. The number of rotatable bonds is 0. The van der Waals surface area contributed by atoms with E-state index in [2.05, 4.69) is 4.98 Å². The first-order valence-corrected chi connectivity index (χ1v) is 3.42. The lowest BCUT2D eigenvalue weighted by molar-refractivity contribution is -0.203. The summed E-state index contributed by atoms with van der Waals surface area (Å²) >= 11 is 0. The van der Waals surface area contributed by atoms with E-state index in [1.807, 2.05) is 6.20 Å². The van der Waals surface area contributed by atoms with Crippen molar-refractivity contribution in [3.05, 3.63) is 18.0 Å². The van der Waals surface area contributed by atoms with Crippen molar-refractivity contribution in [2.45, 2.75) is 12.8 Å². The van der Waals surface area contributed by atoms with Gasteiger partial charge in [-0.05, 0) is 12.8 Å². The van der Waals surface area contributed by atoms with Gasteiger partial charge in [-0.3, -0.25) is 0 Å². The molecule has 0 aromatic carbocycles. The first-order valence-electron chi connectivity index (χ1n) is 3.42. The highest BCUT2D eigenvalue weighted by Gasteiger charge is 2.09. The molecule has 2 heterocycles. The SMILES string of the molecule is c1[nH]cc2c1CCCOO2. The summed E-state index contributed by atoms with van der Waals surface area (Å²) in [5.74, 6) is 0.831. The lowest BCUT2D eigenvalue weighted by Gasteiger charge is -1.96. The fourth-order valence-electron chi connectivity index (χ4n) is 1.08. The molecule has 0 fully saturated rings. The average molecular weight is 139 g/mol. The van der Waals surface area contributed by atoms with Crippen LogP contribution in [-0.2, 0) is 11.3 Å². The largest absolute Gasteiger partial charge is 0.364 e. The van der Waals surface area contributed by atoms with E-state index in [1.165, 1.54) is 5.56 Å². The van der Waals surface area contributed by atoms with Gasteiger partial charge >= 0.3 is 0 Å². The van der Waals surface area contributed by atoms with Crippen molar-refractivity contribution < 1.29 is 9.78 Å². The fourth-order valence-corrected chi connectivity index (χ4v) is 1.08. The van der Waals surface area contributed by atoms with E-state index in [4.69, 9.17) is 9.78 Å². The summed E-state index contributed by atoms with van der Waals surface area (Å²) in [4.78, 5) is 12.8. The van der Waals surface area contributed by atoms with Crippen LogP contribution in [0.3, 0.4) is 0 Å². The Labute approximate surface area is 58.9 Å². The van der Waals surface area contributed by atoms with Crippen molar-refractivity contribution in [1.29, 1.82) is 0 Å². The van der Waals surface area contributed by atoms with Crippen LogP contribution in [0.1, 0.15) is 12.0 Å². The molecule has 0 unspecified atom stereocenters. The van der Waals surface area contributed by atoms with Gasteiger partial charge in [-0.2, -0.15) is 4.89 Å². The second kappa shape index (κ2) is 2.34. The van der Waals surface area contributed by atoms with Crippen LogP contribution in [0.4, 0.5) is 0 Å². The Morgan fingerprint density at radius 3 is 3.40 bits per heavy atom. The molecular weight excluding hydrogens is 130 g/mol. The molecule has 1 aliphatic heterocycles. The van der Waals surface area contributed by atoms with Gasteiger partial charge in [0.15, 0.2) is 5.75 Å². The minimum Gasteiger partial charge on any atom is -0.364 e. The molecule has 0 radical (unpaired) electrons. The number of hydrogen-bond acceptors (Lipinski definition) is 2. The van der Waals surface area contributed by atoms with E-state index in [9.17, 15) is 0 Å². The topological polar surface area (TPSA) is 34.2 Å². The molecule has 54 valence electrons. The molecule has 0 spiro atoms. The molecule has 0 atom stereocenters. The Hall–Kier alpha value is -0.960. The lowest BCUT2D eigenvalue weighted by atomic mass is 10.2. The minimum atomic E-state index is 0.689. The maximum Gasteiger partial charge on any atom is 0.185 e. The fraction of sp³-hybridized carbons (Fsp3) is 0.429. The number of aromatic nitrogens is 1.